The summed E-state index contributed by atoms with van der Waals surface area (Å²) in [7, 11) is 0. The van der Waals surface area contributed by atoms with Gasteiger partial charge in [0.15, 0.2) is 11.6 Å². The molecule has 0 heterocycles. The van der Waals surface area contributed by atoms with Crippen LogP contribution in [-0.4, -0.2) is 35.6 Å². The zero-order chi connectivity index (χ0) is 20.1. The van der Waals surface area contributed by atoms with Gasteiger partial charge in [-0.15, -0.1) is 0 Å². The Morgan fingerprint density at radius 2 is 1.12 bits per heavy atom. The quantitative estimate of drug-likeness (QED) is 0.456. The molecule has 146 valence electrons. The van der Waals surface area contributed by atoms with Crippen LogP contribution in [0.4, 0.5) is 52.7 Å². The first-order chi connectivity index (χ1) is 10.9. The highest BCUT2D eigenvalue weighted by molar-refractivity contribution is 5.96. The van der Waals surface area contributed by atoms with Gasteiger partial charge in [0.05, 0.1) is 0 Å². The van der Waals surface area contributed by atoms with Gasteiger partial charge in [-0.05, 0) is 19.3 Å². The third-order valence-electron chi connectivity index (χ3n) is 3.50. The zero-order valence-electron chi connectivity index (χ0n) is 11.8. The van der Waals surface area contributed by atoms with E-state index in [4.69, 9.17) is 0 Å². The van der Waals surface area contributed by atoms with Gasteiger partial charge in [0.1, 0.15) is 0 Å². The summed E-state index contributed by atoms with van der Waals surface area (Å²) < 4.78 is 154. The molecule has 0 unspecified atom stereocenters. The Bertz CT molecular complexity index is 571. The minimum absolute atomic E-state index is 0.0415. The standard InChI is InChI=1S/C12H8F12O/c13-7(5-3-1-2-4-6(5)25)8(14,15)9(16,17)10(18,19)11(20,21)12(22,23)24/h1-4H2/b7-5-. The molecule has 0 amide bonds. The Hall–Kier alpha value is -1.43. The molecule has 1 fully saturated rings. The highest BCUT2D eigenvalue weighted by Crippen LogP contribution is 2.59. The molecule has 0 saturated heterocycles. The number of alkyl halides is 11. The normalized spacial score (nSPS) is 20.7. The Morgan fingerprint density at radius 1 is 0.680 bits per heavy atom. The van der Waals surface area contributed by atoms with Crippen molar-refractivity contribution in [2.45, 2.75) is 55.5 Å². The van der Waals surface area contributed by atoms with Crippen molar-refractivity contribution in [3.8, 4) is 0 Å². The average Bonchev–Trinajstić information content (AvgIpc) is 2.45. The number of Topliss-reactive ketones (excluding diaryl/α,β-unsaturated/α-hetero) is 1. The first kappa shape index (κ1) is 21.6. The Labute approximate surface area is 131 Å². The van der Waals surface area contributed by atoms with E-state index in [0.717, 1.165) is 0 Å². The molecule has 1 saturated carbocycles. The fraction of sp³-hybridized carbons (Fsp3) is 0.750. The second-order valence-corrected chi connectivity index (χ2v) is 5.22. The monoisotopic (exact) mass is 396 g/mol. The smallest absolute Gasteiger partial charge is 0.294 e. The molecule has 1 aliphatic rings. The molecule has 25 heavy (non-hydrogen) atoms. The molecule has 1 aliphatic carbocycles. The number of rotatable bonds is 4. The molecule has 0 aromatic heterocycles. The highest BCUT2D eigenvalue weighted by Gasteiger charge is 2.88. The Morgan fingerprint density at radius 3 is 1.52 bits per heavy atom. The molecule has 0 aromatic carbocycles. The van der Waals surface area contributed by atoms with Gasteiger partial charge in [-0.2, -0.15) is 48.3 Å². The average molecular weight is 396 g/mol. The van der Waals surface area contributed by atoms with Gasteiger partial charge in [0.25, 0.3) is 0 Å². The number of carbonyl (C=O) groups is 1. The maximum absolute atomic E-state index is 13.6. The van der Waals surface area contributed by atoms with Crippen LogP contribution in [0, 0.1) is 0 Å². The van der Waals surface area contributed by atoms with Crippen molar-refractivity contribution < 1.29 is 57.5 Å². The van der Waals surface area contributed by atoms with E-state index in [0.29, 0.717) is 0 Å². The number of ketones is 1. The lowest BCUT2D eigenvalue weighted by atomic mass is 9.89. The summed E-state index contributed by atoms with van der Waals surface area (Å²) in [4.78, 5) is 11.2. The van der Waals surface area contributed by atoms with Gasteiger partial charge in [-0.25, -0.2) is 4.39 Å². The summed E-state index contributed by atoms with van der Waals surface area (Å²) >= 11 is 0. The van der Waals surface area contributed by atoms with Crippen molar-refractivity contribution >= 4 is 5.78 Å². The van der Waals surface area contributed by atoms with E-state index in [2.05, 4.69) is 0 Å². The number of carbonyl (C=O) groups excluding carboxylic acids is 1. The maximum atomic E-state index is 13.6. The summed E-state index contributed by atoms with van der Waals surface area (Å²) in [6.07, 6.45) is -8.93. The number of allylic oxidation sites excluding steroid dienone is 2. The third kappa shape index (κ3) is 3.09. The van der Waals surface area contributed by atoms with Gasteiger partial charge in [-0.3, -0.25) is 4.79 Å². The zero-order valence-corrected chi connectivity index (χ0v) is 11.8. The summed E-state index contributed by atoms with van der Waals surface area (Å²) in [5.41, 5.74) is -1.64. The second-order valence-electron chi connectivity index (χ2n) is 5.22. The van der Waals surface area contributed by atoms with E-state index in [1.807, 2.05) is 0 Å². The minimum Gasteiger partial charge on any atom is -0.294 e. The van der Waals surface area contributed by atoms with Crippen LogP contribution in [0.5, 0.6) is 0 Å². The van der Waals surface area contributed by atoms with Crippen molar-refractivity contribution in [1.29, 1.82) is 0 Å². The van der Waals surface area contributed by atoms with Gasteiger partial charge in [-0.1, -0.05) is 0 Å². The van der Waals surface area contributed by atoms with Gasteiger partial charge < -0.3 is 0 Å². The topological polar surface area (TPSA) is 17.1 Å². The lowest BCUT2D eigenvalue weighted by Crippen LogP contribution is -2.66. The van der Waals surface area contributed by atoms with Crippen molar-refractivity contribution in [1.82, 2.24) is 0 Å². The highest BCUT2D eigenvalue weighted by atomic mass is 19.4. The SMILES string of the molecule is O=C1CCCC/C1=C(/F)C(F)(F)C(F)(F)C(F)(F)C(F)(F)C(F)(F)F. The summed E-state index contributed by atoms with van der Waals surface area (Å²) in [5.74, 6) is -34.4. The van der Waals surface area contributed by atoms with Crippen LogP contribution in [-0.2, 0) is 4.79 Å². The molecule has 0 aliphatic heterocycles. The Balaban J connectivity index is 3.48. The second kappa shape index (κ2) is 6.08. The molecule has 13 heteroatoms. The minimum atomic E-state index is -7.70. The van der Waals surface area contributed by atoms with Gasteiger partial charge >= 0.3 is 29.9 Å². The number of hydrogen-bond donors (Lipinski definition) is 0. The summed E-state index contributed by atoms with van der Waals surface area (Å²) in [5, 5.41) is 0. The predicted molar refractivity (Wildman–Crippen MR) is 57.5 cm³/mol. The van der Waals surface area contributed by atoms with Gasteiger partial charge in [0, 0.05) is 12.0 Å². The molecule has 1 rings (SSSR count). The lowest BCUT2D eigenvalue weighted by Gasteiger charge is -2.37. The molecule has 0 radical (unpaired) electrons. The van der Waals surface area contributed by atoms with Crippen LogP contribution < -0.4 is 0 Å². The first-order valence-corrected chi connectivity index (χ1v) is 6.43. The number of hydrogen-bond acceptors (Lipinski definition) is 1. The van der Waals surface area contributed by atoms with Crippen LogP contribution in [0.25, 0.3) is 0 Å². The van der Waals surface area contributed by atoms with Crippen molar-refractivity contribution in [3.63, 3.8) is 0 Å². The van der Waals surface area contributed by atoms with Crippen LogP contribution in [0.15, 0.2) is 11.4 Å². The van der Waals surface area contributed by atoms with E-state index < -0.39 is 59.9 Å². The predicted octanol–water partition coefficient (Wildman–Crippen LogP) is 5.46. The molecule has 0 aromatic rings. The van der Waals surface area contributed by atoms with E-state index in [1.165, 1.54) is 0 Å². The fourth-order valence-electron chi connectivity index (χ4n) is 2.01. The van der Waals surface area contributed by atoms with E-state index in [-0.39, 0.29) is 12.8 Å². The summed E-state index contributed by atoms with van der Waals surface area (Å²) in [6.45, 7) is 0. The summed E-state index contributed by atoms with van der Waals surface area (Å²) in [6, 6.07) is 0. The molecule has 0 spiro atoms. The Kier molecular flexibility index (Phi) is 5.25. The lowest BCUT2D eigenvalue weighted by molar-refractivity contribution is -0.419. The van der Waals surface area contributed by atoms with Crippen molar-refractivity contribution in [2.24, 2.45) is 0 Å². The molecule has 0 N–H and O–H groups in total. The van der Waals surface area contributed by atoms with Crippen LogP contribution in [0.2, 0.25) is 0 Å². The number of halogens is 12. The van der Waals surface area contributed by atoms with Crippen LogP contribution >= 0.6 is 0 Å². The van der Waals surface area contributed by atoms with E-state index >= 15 is 0 Å². The van der Waals surface area contributed by atoms with E-state index in [9.17, 15) is 57.5 Å². The molecule has 1 nitrogen and oxygen atoms in total. The molecule has 0 bridgehead atoms. The van der Waals surface area contributed by atoms with Crippen molar-refractivity contribution in [2.75, 3.05) is 0 Å². The molecule has 0 atom stereocenters. The third-order valence-corrected chi connectivity index (χ3v) is 3.50. The first-order valence-electron chi connectivity index (χ1n) is 6.43. The van der Waals surface area contributed by atoms with Crippen LogP contribution in [0.1, 0.15) is 25.7 Å². The fourth-order valence-corrected chi connectivity index (χ4v) is 2.01. The molecular weight excluding hydrogens is 388 g/mol. The largest absolute Gasteiger partial charge is 0.460 e. The van der Waals surface area contributed by atoms with E-state index in [1.54, 1.807) is 0 Å². The van der Waals surface area contributed by atoms with Crippen molar-refractivity contribution in [3.05, 3.63) is 11.4 Å². The maximum Gasteiger partial charge on any atom is 0.460 e. The van der Waals surface area contributed by atoms with Gasteiger partial charge in [0.2, 0.25) is 0 Å². The molecular formula is C12H8F12O. The van der Waals surface area contributed by atoms with Crippen LogP contribution in [0.3, 0.4) is 0 Å².